The molecule has 106 valence electrons. The van der Waals surface area contributed by atoms with Crippen LogP contribution in [0.3, 0.4) is 0 Å². The van der Waals surface area contributed by atoms with Crippen molar-refractivity contribution in [3.05, 3.63) is 0 Å². The highest BCUT2D eigenvalue weighted by Crippen LogP contribution is 2.16. The lowest BCUT2D eigenvalue weighted by molar-refractivity contribution is -0.175. The Hall–Kier alpha value is -0.820. The minimum Gasteiger partial charge on any atom is -0.372 e. The van der Waals surface area contributed by atoms with E-state index in [1.54, 1.807) is 4.90 Å². The summed E-state index contributed by atoms with van der Waals surface area (Å²) in [5.74, 6) is 0.132. The van der Waals surface area contributed by atoms with Crippen LogP contribution in [0.25, 0.3) is 0 Å². The number of hydrogen-bond acceptors (Lipinski definition) is 3. The summed E-state index contributed by atoms with van der Waals surface area (Å²) < 4.78 is 39.8. The zero-order chi connectivity index (χ0) is 13.8. The summed E-state index contributed by atoms with van der Waals surface area (Å²) in [7, 11) is 0. The average molecular weight is 268 g/mol. The van der Waals surface area contributed by atoms with Crippen LogP contribution in [0.1, 0.15) is 19.8 Å². The first kappa shape index (κ1) is 15.2. The fraction of sp³-hybridized carbons (Fsp3) is 0.909. The quantitative estimate of drug-likeness (QED) is 0.778. The molecule has 1 saturated heterocycles. The highest BCUT2D eigenvalue weighted by Gasteiger charge is 2.28. The van der Waals surface area contributed by atoms with Crippen LogP contribution < -0.4 is 5.73 Å². The molecule has 0 radical (unpaired) electrons. The van der Waals surface area contributed by atoms with E-state index in [-0.39, 0.29) is 25.0 Å². The summed E-state index contributed by atoms with van der Waals surface area (Å²) >= 11 is 0. The first-order chi connectivity index (χ1) is 8.28. The highest BCUT2D eigenvalue weighted by atomic mass is 19.4. The Labute approximate surface area is 104 Å². The van der Waals surface area contributed by atoms with Crippen molar-refractivity contribution < 1.29 is 22.7 Å². The summed E-state index contributed by atoms with van der Waals surface area (Å²) in [6, 6.07) is -0.0474. The second-order valence-corrected chi connectivity index (χ2v) is 4.82. The number of carbonyl (C=O) groups excluding carboxylic acids is 1. The molecule has 0 saturated carbocycles. The molecule has 7 heteroatoms. The van der Waals surface area contributed by atoms with Crippen molar-refractivity contribution >= 4 is 5.91 Å². The van der Waals surface area contributed by atoms with Crippen molar-refractivity contribution in [2.75, 3.05) is 26.3 Å². The van der Waals surface area contributed by atoms with E-state index in [0.717, 1.165) is 6.42 Å². The van der Waals surface area contributed by atoms with Crippen LogP contribution in [0.4, 0.5) is 13.2 Å². The Kier molecular flexibility index (Phi) is 5.40. The van der Waals surface area contributed by atoms with Gasteiger partial charge in [0, 0.05) is 19.1 Å². The molecule has 0 bridgehead atoms. The SMILES string of the molecule is CC1CC(N)CN(C(=O)CCOCC(F)(F)F)C1. The standard InChI is InChI=1S/C11H19F3N2O2/c1-8-4-9(15)6-16(5-8)10(17)2-3-18-7-11(12,13)14/h8-9H,2-7,15H2,1H3. The summed E-state index contributed by atoms with van der Waals surface area (Å²) in [5, 5.41) is 0. The number of ether oxygens (including phenoxy) is 1. The molecule has 0 aliphatic carbocycles. The molecule has 1 heterocycles. The number of carbonyl (C=O) groups is 1. The van der Waals surface area contributed by atoms with Gasteiger partial charge in [0.05, 0.1) is 13.0 Å². The topological polar surface area (TPSA) is 55.6 Å². The van der Waals surface area contributed by atoms with E-state index in [0.29, 0.717) is 19.0 Å². The molecule has 1 amide bonds. The molecule has 4 nitrogen and oxygen atoms in total. The van der Waals surface area contributed by atoms with Crippen LogP contribution in [0.5, 0.6) is 0 Å². The van der Waals surface area contributed by atoms with Gasteiger partial charge in [0.1, 0.15) is 6.61 Å². The van der Waals surface area contributed by atoms with Crippen LogP contribution in [-0.2, 0) is 9.53 Å². The van der Waals surface area contributed by atoms with Crippen molar-refractivity contribution in [1.29, 1.82) is 0 Å². The van der Waals surface area contributed by atoms with E-state index in [4.69, 9.17) is 5.73 Å². The molecule has 1 aliphatic rings. The summed E-state index contributed by atoms with van der Waals surface area (Å²) in [6.07, 6.45) is -3.51. The lowest BCUT2D eigenvalue weighted by Gasteiger charge is -2.34. The lowest BCUT2D eigenvalue weighted by atomic mass is 9.96. The van der Waals surface area contributed by atoms with E-state index >= 15 is 0 Å². The maximum absolute atomic E-state index is 11.8. The predicted molar refractivity (Wildman–Crippen MR) is 59.8 cm³/mol. The smallest absolute Gasteiger partial charge is 0.372 e. The fourth-order valence-electron chi connectivity index (χ4n) is 2.11. The third-order valence-electron chi connectivity index (χ3n) is 2.77. The normalized spacial score (nSPS) is 25.3. The fourth-order valence-corrected chi connectivity index (χ4v) is 2.11. The van der Waals surface area contributed by atoms with E-state index < -0.39 is 12.8 Å². The third kappa shape index (κ3) is 5.68. The van der Waals surface area contributed by atoms with Gasteiger partial charge in [-0.2, -0.15) is 13.2 Å². The maximum atomic E-state index is 11.8. The van der Waals surface area contributed by atoms with Gasteiger partial charge in [-0.25, -0.2) is 0 Å². The van der Waals surface area contributed by atoms with Crippen LogP contribution in [0.15, 0.2) is 0 Å². The highest BCUT2D eigenvalue weighted by molar-refractivity contribution is 5.76. The van der Waals surface area contributed by atoms with Crippen molar-refractivity contribution in [3.63, 3.8) is 0 Å². The second kappa shape index (κ2) is 6.38. The average Bonchev–Trinajstić information content (AvgIpc) is 2.21. The molecular weight excluding hydrogens is 249 g/mol. The molecule has 2 atom stereocenters. The van der Waals surface area contributed by atoms with Gasteiger partial charge < -0.3 is 15.4 Å². The molecule has 2 N–H and O–H groups in total. The zero-order valence-corrected chi connectivity index (χ0v) is 10.4. The first-order valence-corrected chi connectivity index (χ1v) is 5.96. The third-order valence-corrected chi connectivity index (χ3v) is 2.77. The van der Waals surface area contributed by atoms with Crippen molar-refractivity contribution in [2.45, 2.75) is 32.0 Å². The number of piperidine rings is 1. The maximum Gasteiger partial charge on any atom is 0.411 e. The number of rotatable bonds is 4. The van der Waals surface area contributed by atoms with E-state index in [9.17, 15) is 18.0 Å². The van der Waals surface area contributed by atoms with Gasteiger partial charge in [0.15, 0.2) is 0 Å². The number of alkyl halides is 3. The first-order valence-electron chi connectivity index (χ1n) is 5.96. The van der Waals surface area contributed by atoms with E-state index in [1.807, 2.05) is 6.92 Å². The Morgan fingerprint density at radius 2 is 2.11 bits per heavy atom. The molecule has 0 aromatic carbocycles. The summed E-state index contributed by atoms with van der Waals surface area (Å²) in [6.45, 7) is 1.57. The van der Waals surface area contributed by atoms with Gasteiger partial charge >= 0.3 is 6.18 Å². The van der Waals surface area contributed by atoms with E-state index in [2.05, 4.69) is 4.74 Å². The lowest BCUT2D eigenvalue weighted by Crippen LogP contribution is -2.49. The van der Waals surface area contributed by atoms with Crippen LogP contribution in [0.2, 0.25) is 0 Å². The number of likely N-dealkylation sites (tertiary alicyclic amines) is 1. The molecule has 1 rings (SSSR count). The van der Waals surface area contributed by atoms with Crippen LogP contribution in [0, 0.1) is 5.92 Å². The molecular formula is C11H19F3N2O2. The molecule has 0 spiro atoms. The number of halogens is 3. The van der Waals surface area contributed by atoms with Gasteiger partial charge in [-0.05, 0) is 12.3 Å². The zero-order valence-electron chi connectivity index (χ0n) is 10.4. The Balaban J connectivity index is 2.24. The molecule has 0 aromatic heterocycles. The van der Waals surface area contributed by atoms with Gasteiger partial charge in [0.2, 0.25) is 5.91 Å². The number of amides is 1. The van der Waals surface area contributed by atoms with E-state index in [1.165, 1.54) is 0 Å². The Morgan fingerprint density at radius 3 is 2.67 bits per heavy atom. The Bertz CT molecular complexity index is 274. The van der Waals surface area contributed by atoms with Gasteiger partial charge in [-0.1, -0.05) is 6.92 Å². The molecule has 18 heavy (non-hydrogen) atoms. The van der Waals surface area contributed by atoms with Gasteiger partial charge in [0.25, 0.3) is 0 Å². The molecule has 1 fully saturated rings. The number of nitrogens with two attached hydrogens (primary N) is 1. The van der Waals surface area contributed by atoms with Crippen molar-refractivity contribution in [1.82, 2.24) is 4.90 Å². The van der Waals surface area contributed by atoms with Crippen LogP contribution >= 0.6 is 0 Å². The number of hydrogen-bond donors (Lipinski definition) is 1. The number of nitrogens with zero attached hydrogens (tertiary/aromatic N) is 1. The van der Waals surface area contributed by atoms with Crippen molar-refractivity contribution in [3.8, 4) is 0 Å². The molecule has 0 aromatic rings. The predicted octanol–water partition coefficient (Wildman–Crippen LogP) is 1.15. The second-order valence-electron chi connectivity index (χ2n) is 4.82. The molecule has 2 unspecified atom stereocenters. The van der Waals surface area contributed by atoms with Crippen molar-refractivity contribution in [2.24, 2.45) is 11.7 Å². The molecule has 1 aliphatic heterocycles. The van der Waals surface area contributed by atoms with Crippen LogP contribution in [-0.4, -0.2) is 49.3 Å². The van der Waals surface area contributed by atoms with Gasteiger partial charge in [-0.15, -0.1) is 0 Å². The summed E-state index contributed by atoms with van der Waals surface area (Å²) in [4.78, 5) is 13.3. The van der Waals surface area contributed by atoms with Gasteiger partial charge in [-0.3, -0.25) is 4.79 Å². The summed E-state index contributed by atoms with van der Waals surface area (Å²) in [5.41, 5.74) is 5.79. The largest absolute Gasteiger partial charge is 0.411 e. The minimum atomic E-state index is -4.34. The minimum absolute atomic E-state index is 0.0322. The monoisotopic (exact) mass is 268 g/mol. The Morgan fingerprint density at radius 1 is 1.44 bits per heavy atom.